The highest BCUT2D eigenvalue weighted by molar-refractivity contribution is 5.87. The van der Waals surface area contributed by atoms with E-state index in [0.29, 0.717) is 18.6 Å². The maximum absolute atomic E-state index is 12.7. The van der Waals surface area contributed by atoms with Crippen LogP contribution >= 0.6 is 0 Å². The monoisotopic (exact) mass is 365 g/mol. The van der Waals surface area contributed by atoms with Crippen molar-refractivity contribution in [1.82, 2.24) is 5.32 Å². The number of esters is 2. The predicted molar refractivity (Wildman–Crippen MR) is 93.3 cm³/mol. The van der Waals surface area contributed by atoms with E-state index in [0.717, 1.165) is 12.8 Å². The number of carbonyl (C=O) groups is 3. The van der Waals surface area contributed by atoms with Crippen LogP contribution in [0.4, 0.5) is 0 Å². The number of hydrogen-bond acceptors (Lipinski definition) is 6. The Balaban J connectivity index is 1.98. The maximum Gasteiger partial charge on any atom is 0.373 e. The third kappa shape index (κ3) is 5.09. The van der Waals surface area contributed by atoms with E-state index >= 15 is 0 Å². The Kier molecular flexibility index (Phi) is 6.10. The highest BCUT2D eigenvalue weighted by Crippen LogP contribution is 2.42. The van der Waals surface area contributed by atoms with Crippen molar-refractivity contribution in [1.29, 1.82) is 0 Å². The fourth-order valence-electron chi connectivity index (χ4n) is 3.23. The van der Waals surface area contributed by atoms with Gasteiger partial charge in [0.2, 0.25) is 11.7 Å². The number of nitrogens with one attached hydrogen (secondary N) is 1. The summed E-state index contributed by atoms with van der Waals surface area (Å²) in [5.41, 5.74) is -1.13. The van der Waals surface area contributed by atoms with Gasteiger partial charge in [0.05, 0.1) is 12.5 Å². The van der Waals surface area contributed by atoms with Crippen molar-refractivity contribution in [3.8, 4) is 0 Å². The molecule has 1 aliphatic rings. The van der Waals surface area contributed by atoms with E-state index in [4.69, 9.17) is 9.15 Å². The number of hydrogen-bond donors (Lipinski definition) is 1. The quantitative estimate of drug-likeness (QED) is 0.779. The van der Waals surface area contributed by atoms with Gasteiger partial charge in [0.1, 0.15) is 12.4 Å². The van der Waals surface area contributed by atoms with Crippen LogP contribution in [0.15, 0.2) is 16.5 Å². The van der Waals surface area contributed by atoms with Crippen LogP contribution in [-0.2, 0) is 25.7 Å². The lowest BCUT2D eigenvalue weighted by atomic mass is 9.82. The molecule has 0 atom stereocenters. The fraction of sp³-hybridized carbons (Fsp3) is 0.632. The van der Waals surface area contributed by atoms with Gasteiger partial charge in [-0.2, -0.15) is 0 Å². The van der Waals surface area contributed by atoms with E-state index in [9.17, 15) is 14.4 Å². The van der Waals surface area contributed by atoms with Gasteiger partial charge >= 0.3 is 11.9 Å². The second-order valence-corrected chi connectivity index (χ2v) is 7.80. The van der Waals surface area contributed by atoms with Gasteiger partial charge in [0, 0.05) is 12.0 Å². The van der Waals surface area contributed by atoms with Gasteiger partial charge in [-0.05, 0) is 45.7 Å². The smallest absolute Gasteiger partial charge is 0.373 e. The SMILES string of the molecule is COC(=O)c1ccc(COC(=O)C2(CC(=O)NC(C)(C)C)CCCC2)o1. The first-order chi connectivity index (χ1) is 12.1. The van der Waals surface area contributed by atoms with E-state index in [1.165, 1.54) is 13.2 Å². The Morgan fingerprint density at radius 1 is 1.19 bits per heavy atom. The molecule has 26 heavy (non-hydrogen) atoms. The first kappa shape index (κ1) is 20.0. The fourth-order valence-corrected chi connectivity index (χ4v) is 3.23. The van der Waals surface area contributed by atoms with Crippen LogP contribution in [0, 0.1) is 5.41 Å². The van der Waals surface area contributed by atoms with Crippen molar-refractivity contribution in [3.63, 3.8) is 0 Å². The van der Waals surface area contributed by atoms with E-state index in [2.05, 4.69) is 10.1 Å². The molecular weight excluding hydrogens is 338 g/mol. The summed E-state index contributed by atoms with van der Waals surface area (Å²) in [6, 6.07) is 3.03. The van der Waals surface area contributed by atoms with Gasteiger partial charge in [0.25, 0.3) is 0 Å². The summed E-state index contributed by atoms with van der Waals surface area (Å²) in [6.07, 6.45) is 3.18. The van der Waals surface area contributed by atoms with E-state index < -0.39 is 17.4 Å². The minimum Gasteiger partial charge on any atom is -0.463 e. The average Bonchev–Trinajstić information content (AvgIpc) is 3.20. The molecule has 144 valence electrons. The predicted octanol–water partition coefficient (Wildman–Crippen LogP) is 2.97. The molecule has 0 spiro atoms. The Bertz CT molecular complexity index is 664. The lowest BCUT2D eigenvalue weighted by Gasteiger charge is -2.28. The van der Waals surface area contributed by atoms with Gasteiger partial charge in [-0.3, -0.25) is 9.59 Å². The molecular formula is C19H27NO6. The Labute approximate surface area is 153 Å². The molecule has 7 nitrogen and oxygen atoms in total. The Hall–Kier alpha value is -2.31. The number of ether oxygens (including phenoxy) is 2. The molecule has 1 aliphatic carbocycles. The molecule has 1 aromatic heterocycles. The molecule has 1 N–H and O–H groups in total. The van der Waals surface area contributed by atoms with Gasteiger partial charge in [-0.25, -0.2) is 4.79 Å². The van der Waals surface area contributed by atoms with Gasteiger partial charge in [-0.1, -0.05) is 12.8 Å². The molecule has 0 radical (unpaired) electrons. The van der Waals surface area contributed by atoms with Crippen molar-refractivity contribution in [3.05, 3.63) is 23.7 Å². The maximum atomic E-state index is 12.7. The number of carbonyl (C=O) groups excluding carboxylic acids is 3. The number of amides is 1. The van der Waals surface area contributed by atoms with Crippen LogP contribution in [0.25, 0.3) is 0 Å². The molecule has 0 bridgehead atoms. The van der Waals surface area contributed by atoms with Crippen molar-refractivity contribution < 1.29 is 28.3 Å². The average molecular weight is 365 g/mol. The topological polar surface area (TPSA) is 94.8 Å². The Morgan fingerprint density at radius 2 is 1.85 bits per heavy atom. The minimum absolute atomic E-state index is 0.0543. The summed E-state index contributed by atoms with van der Waals surface area (Å²) in [4.78, 5) is 36.4. The first-order valence-corrected chi connectivity index (χ1v) is 8.80. The number of rotatable bonds is 6. The molecule has 0 unspecified atom stereocenters. The van der Waals surface area contributed by atoms with Crippen LogP contribution < -0.4 is 5.32 Å². The third-order valence-corrected chi connectivity index (χ3v) is 4.40. The standard InChI is InChI=1S/C19H27NO6/c1-18(2,3)20-15(21)11-19(9-5-6-10-19)17(23)25-12-13-7-8-14(26-13)16(22)24-4/h7-8H,5-6,9-12H2,1-4H3,(H,20,21). The zero-order valence-corrected chi connectivity index (χ0v) is 15.8. The molecule has 7 heteroatoms. The lowest BCUT2D eigenvalue weighted by molar-refractivity contribution is -0.160. The van der Waals surface area contributed by atoms with Crippen LogP contribution in [0.2, 0.25) is 0 Å². The molecule has 1 heterocycles. The van der Waals surface area contributed by atoms with Crippen molar-refractivity contribution in [2.45, 2.75) is 65.0 Å². The summed E-state index contributed by atoms with van der Waals surface area (Å²) in [6.45, 7) is 5.62. The zero-order chi connectivity index (χ0) is 19.4. The highest BCUT2D eigenvalue weighted by Gasteiger charge is 2.44. The summed E-state index contributed by atoms with van der Waals surface area (Å²) in [7, 11) is 1.26. The molecule has 0 aliphatic heterocycles. The van der Waals surface area contributed by atoms with Crippen LogP contribution in [0.3, 0.4) is 0 Å². The van der Waals surface area contributed by atoms with Gasteiger partial charge < -0.3 is 19.2 Å². The van der Waals surface area contributed by atoms with E-state index in [-0.39, 0.29) is 30.2 Å². The summed E-state index contributed by atoms with van der Waals surface area (Å²) in [5, 5.41) is 2.91. The molecule has 0 saturated heterocycles. The summed E-state index contributed by atoms with van der Waals surface area (Å²) < 4.78 is 15.3. The van der Waals surface area contributed by atoms with E-state index in [1.807, 2.05) is 20.8 Å². The largest absolute Gasteiger partial charge is 0.463 e. The van der Waals surface area contributed by atoms with Crippen molar-refractivity contribution in [2.24, 2.45) is 5.41 Å². The molecule has 1 amide bonds. The molecule has 2 rings (SSSR count). The molecule has 1 aromatic rings. The third-order valence-electron chi connectivity index (χ3n) is 4.40. The second-order valence-electron chi connectivity index (χ2n) is 7.80. The van der Waals surface area contributed by atoms with Crippen LogP contribution in [0.5, 0.6) is 0 Å². The van der Waals surface area contributed by atoms with Crippen molar-refractivity contribution >= 4 is 17.8 Å². The number of furan rings is 1. The molecule has 1 saturated carbocycles. The minimum atomic E-state index is -0.785. The Morgan fingerprint density at radius 3 is 2.42 bits per heavy atom. The summed E-state index contributed by atoms with van der Waals surface area (Å²) >= 11 is 0. The zero-order valence-electron chi connectivity index (χ0n) is 15.8. The van der Waals surface area contributed by atoms with Gasteiger partial charge in [0.15, 0.2) is 0 Å². The first-order valence-electron chi connectivity index (χ1n) is 8.80. The van der Waals surface area contributed by atoms with E-state index in [1.54, 1.807) is 6.07 Å². The van der Waals surface area contributed by atoms with Crippen LogP contribution in [-0.4, -0.2) is 30.5 Å². The van der Waals surface area contributed by atoms with Gasteiger partial charge in [-0.15, -0.1) is 0 Å². The highest BCUT2D eigenvalue weighted by atomic mass is 16.6. The lowest BCUT2D eigenvalue weighted by Crippen LogP contribution is -2.44. The van der Waals surface area contributed by atoms with Crippen molar-refractivity contribution in [2.75, 3.05) is 7.11 Å². The summed E-state index contributed by atoms with van der Waals surface area (Å²) in [5.74, 6) is -0.726. The number of methoxy groups -OCH3 is 1. The molecule has 0 aromatic carbocycles. The molecule has 1 fully saturated rings. The van der Waals surface area contributed by atoms with Crippen LogP contribution in [0.1, 0.15) is 69.2 Å². The second kappa shape index (κ2) is 7.93. The normalized spacial score (nSPS) is 16.2.